The molecular weight excluding hydrogens is 352 g/mol. The van der Waals surface area contributed by atoms with Crippen molar-refractivity contribution in [2.45, 2.75) is 13.8 Å². The van der Waals surface area contributed by atoms with Gasteiger partial charge in [0.2, 0.25) is 0 Å². The van der Waals surface area contributed by atoms with E-state index in [4.69, 9.17) is 0 Å². The molecule has 0 radical (unpaired) electrons. The summed E-state index contributed by atoms with van der Waals surface area (Å²) in [6.07, 6.45) is 4.28. The van der Waals surface area contributed by atoms with Crippen molar-refractivity contribution < 1.29 is 0 Å². The second-order valence-corrected chi connectivity index (χ2v) is 2.25. The van der Waals surface area contributed by atoms with E-state index >= 15 is 0 Å². The van der Waals surface area contributed by atoms with Gasteiger partial charge in [0.05, 0.1) is 6.67 Å². The first kappa shape index (κ1) is 18.5. The van der Waals surface area contributed by atoms with Crippen LogP contribution in [0.2, 0.25) is 0 Å². The Labute approximate surface area is 106 Å². The largest absolute Gasteiger partial charge is 0.359 e. The van der Waals surface area contributed by atoms with Gasteiger partial charge in [-0.2, -0.15) is 0 Å². The van der Waals surface area contributed by atoms with Crippen LogP contribution in [0.15, 0.2) is 12.4 Å². The van der Waals surface area contributed by atoms with Crippen LogP contribution in [0.1, 0.15) is 13.8 Å². The molecule has 0 aromatic rings. The van der Waals surface area contributed by atoms with Crippen LogP contribution in [-0.2, 0) is 0 Å². The summed E-state index contributed by atoms with van der Waals surface area (Å²) in [7, 11) is 0. The van der Waals surface area contributed by atoms with Gasteiger partial charge in [0, 0.05) is 25.5 Å². The monoisotopic (exact) mass is 366 g/mol. The van der Waals surface area contributed by atoms with E-state index < -0.39 is 0 Å². The molecule has 5 heteroatoms. The Balaban J connectivity index is -0.000000270. The zero-order chi connectivity index (χ0) is 6.69. The molecule has 0 bridgehead atoms. The Bertz CT molecular complexity index is 107. The molecule has 0 unspecified atom stereocenters. The second kappa shape index (κ2) is 9.86. The van der Waals surface area contributed by atoms with E-state index in [1.165, 1.54) is 0 Å². The first-order chi connectivity index (χ1) is 4.36. The zero-order valence-corrected chi connectivity index (χ0v) is 12.5. The van der Waals surface area contributed by atoms with Crippen LogP contribution in [0, 0.1) is 0 Å². The molecule has 76 valence electrons. The molecule has 1 aliphatic heterocycles. The lowest BCUT2D eigenvalue weighted by atomic mass is 10.6. The van der Waals surface area contributed by atoms with Gasteiger partial charge in [-0.1, -0.05) is 0 Å². The van der Waals surface area contributed by atoms with Gasteiger partial charge < -0.3 is 9.80 Å². The maximum atomic E-state index is 2.28. The van der Waals surface area contributed by atoms with Gasteiger partial charge in [-0.05, 0) is 13.8 Å². The smallest absolute Gasteiger partial charge is 0.0893 e. The van der Waals surface area contributed by atoms with Crippen LogP contribution in [-0.4, -0.2) is 29.6 Å². The maximum Gasteiger partial charge on any atom is 0.0893 e. The van der Waals surface area contributed by atoms with Crippen LogP contribution in [0.3, 0.4) is 0 Å². The number of hydrogen-bond acceptors (Lipinski definition) is 2. The van der Waals surface area contributed by atoms with Gasteiger partial charge in [-0.15, -0.1) is 50.9 Å². The highest BCUT2D eigenvalue weighted by atomic mass is 79.9. The van der Waals surface area contributed by atoms with E-state index in [9.17, 15) is 0 Å². The molecule has 12 heavy (non-hydrogen) atoms. The van der Waals surface area contributed by atoms with Crippen molar-refractivity contribution in [2.75, 3.05) is 19.8 Å². The van der Waals surface area contributed by atoms with E-state index in [1.54, 1.807) is 0 Å². The second-order valence-electron chi connectivity index (χ2n) is 2.25. The van der Waals surface area contributed by atoms with Gasteiger partial charge in [0.15, 0.2) is 0 Å². The fourth-order valence-electron chi connectivity index (χ4n) is 0.927. The lowest BCUT2D eigenvalue weighted by molar-refractivity contribution is 0.282. The third kappa shape index (κ3) is 5.43. The minimum Gasteiger partial charge on any atom is -0.359 e. The topological polar surface area (TPSA) is 6.48 Å². The summed E-state index contributed by atoms with van der Waals surface area (Å²) in [6.45, 7) is 7.65. The van der Waals surface area contributed by atoms with Crippen molar-refractivity contribution >= 4 is 50.9 Å². The minimum absolute atomic E-state index is 0. The van der Waals surface area contributed by atoms with Gasteiger partial charge in [-0.25, -0.2) is 0 Å². The summed E-state index contributed by atoms with van der Waals surface area (Å²) < 4.78 is 0. The highest BCUT2D eigenvalue weighted by Gasteiger charge is 2.06. The highest BCUT2D eigenvalue weighted by Crippen LogP contribution is 2.03. The van der Waals surface area contributed by atoms with Crippen LogP contribution < -0.4 is 0 Å². The van der Waals surface area contributed by atoms with E-state index in [0.29, 0.717) is 0 Å². The number of hydrogen-bond donors (Lipinski definition) is 0. The molecule has 0 aromatic heterocycles. The van der Waals surface area contributed by atoms with Crippen molar-refractivity contribution in [2.24, 2.45) is 0 Å². The van der Waals surface area contributed by atoms with E-state index in [1.807, 2.05) is 0 Å². The minimum atomic E-state index is 0. The lowest BCUT2D eigenvalue weighted by Crippen LogP contribution is -2.24. The molecule has 0 spiro atoms. The molecule has 0 saturated heterocycles. The number of rotatable bonds is 2. The molecule has 0 aliphatic carbocycles. The Hall–Kier alpha value is 0.780. The van der Waals surface area contributed by atoms with Gasteiger partial charge in [0.1, 0.15) is 0 Å². The Morgan fingerprint density at radius 2 is 1.25 bits per heavy atom. The zero-order valence-electron chi connectivity index (χ0n) is 7.40. The van der Waals surface area contributed by atoms with Gasteiger partial charge in [-0.3, -0.25) is 0 Å². The van der Waals surface area contributed by atoms with E-state index in [2.05, 4.69) is 36.0 Å². The van der Waals surface area contributed by atoms with Crippen molar-refractivity contribution in [3.63, 3.8) is 0 Å². The quantitative estimate of drug-likeness (QED) is 0.739. The highest BCUT2D eigenvalue weighted by molar-refractivity contribution is 8.93. The fourth-order valence-corrected chi connectivity index (χ4v) is 0.927. The fraction of sp³-hybridized carbons (Fsp3) is 0.714. The normalized spacial score (nSPS) is 13.2. The SMILES string of the molecule is Br.Br.Br.CCN1C=CN(CC)C1. The first-order valence-electron chi connectivity index (χ1n) is 3.53. The third-order valence-electron chi connectivity index (χ3n) is 1.66. The molecule has 1 rings (SSSR count). The molecule has 0 amide bonds. The molecular formula is C7H17Br3N2. The predicted molar refractivity (Wildman–Crippen MR) is 69.7 cm³/mol. The Morgan fingerprint density at radius 1 is 0.917 bits per heavy atom. The molecule has 0 N–H and O–H groups in total. The molecule has 0 saturated carbocycles. The standard InChI is InChI=1S/C7H14N2.3BrH/c1-3-8-5-6-9(4-2)7-8;;;/h5-6H,3-4,7H2,1-2H3;3*1H. The van der Waals surface area contributed by atoms with Gasteiger partial charge in [0.25, 0.3) is 0 Å². The predicted octanol–water partition coefficient (Wildman–Crippen LogP) is 2.81. The van der Waals surface area contributed by atoms with Crippen molar-refractivity contribution in [1.29, 1.82) is 0 Å². The maximum absolute atomic E-state index is 2.28. The van der Waals surface area contributed by atoms with E-state index in [-0.39, 0.29) is 50.9 Å². The summed E-state index contributed by atoms with van der Waals surface area (Å²) in [5.41, 5.74) is 0. The first-order valence-corrected chi connectivity index (χ1v) is 3.53. The average molecular weight is 369 g/mol. The van der Waals surface area contributed by atoms with E-state index in [0.717, 1.165) is 19.8 Å². The summed E-state index contributed by atoms with van der Waals surface area (Å²) in [6, 6.07) is 0. The Kier molecular flexibility index (Phi) is 15.2. The Morgan fingerprint density at radius 3 is 1.42 bits per heavy atom. The summed E-state index contributed by atoms with van der Waals surface area (Å²) in [5.74, 6) is 0. The summed E-state index contributed by atoms with van der Waals surface area (Å²) in [4.78, 5) is 4.56. The molecule has 2 nitrogen and oxygen atoms in total. The molecule has 0 aromatic carbocycles. The molecule has 1 aliphatic rings. The molecule has 0 atom stereocenters. The van der Waals surface area contributed by atoms with Crippen LogP contribution >= 0.6 is 50.9 Å². The average Bonchev–Trinajstić information content (AvgIpc) is 2.34. The number of halogens is 3. The van der Waals surface area contributed by atoms with Crippen LogP contribution in [0.4, 0.5) is 0 Å². The van der Waals surface area contributed by atoms with Crippen molar-refractivity contribution in [1.82, 2.24) is 9.80 Å². The number of nitrogens with zero attached hydrogens (tertiary/aromatic N) is 2. The summed E-state index contributed by atoms with van der Waals surface area (Å²) in [5, 5.41) is 0. The molecule has 0 fully saturated rings. The lowest BCUT2D eigenvalue weighted by Gasteiger charge is -2.17. The molecule has 1 heterocycles. The van der Waals surface area contributed by atoms with Crippen LogP contribution in [0.25, 0.3) is 0 Å². The van der Waals surface area contributed by atoms with Crippen LogP contribution in [0.5, 0.6) is 0 Å². The van der Waals surface area contributed by atoms with Gasteiger partial charge >= 0.3 is 0 Å². The third-order valence-corrected chi connectivity index (χ3v) is 1.66. The van der Waals surface area contributed by atoms with Crippen molar-refractivity contribution in [3.8, 4) is 0 Å². The van der Waals surface area contributed by atoms with Crippen molar-refractivity contribution in [3.05, 3.63) is 12.4 Å². The summed E-state index contributed by atoms with van der Waals surface area (Å²) >= 11 is 0.